The van der Waals surface area contributed by atoms with Gasteiger partial charge in [-0.15, -0.1) is 0 Å². The van der Waals surface area contributed by atoms with Crippen molar-refractivity contribution < 1.29 is 18.7 Å². The minimum Gasteiger partial charge on any atom is -0.464 e. The lowest BCUT2D eigenvalue weighted by Crippen LogP contribution is -2.25. The number of hydrogen-bond acceptors (Lipinski definition) is 4. The first-order valence-corrected chi connectivity index (χ1v) is 8.28. The summed E-state index contributed by atoms with van der Waals surface area (Å²) in [7, 11) is 0. The van der Waals surface area contributed by atoms with Crippen LogP contribution in [0.1, 0.15) is 28.4 Å². The Labute approximate surface area is 150 Å². The fourth-order valence-electron chi connectivity index (χ4n) is 2.65. The molecule has 5 heteroatoms. The number of ketones is 1. The first-order valence-electron chi connectivity index (χ1n) is 7.90. The molecule has 1 heterocycles. The molecule has 0 fully saturated rings. The Morgan fingerprint density at radius 3 is 2.76 bits per heavy atom. The maximum atomic E-state index is 12.3. The van der Waals surface area contributed by atoms with Gasteiger partial charge in [0.15, 0.2) is 6.10 Å². The molecule has 0 amide bonds. The van der Waals surface area contributed by atoms with Crippen LogP contribution in [0.15, 0.2) is 53.1 Å². The van der Waals surface area contributed by atoms with Gasteiger partial charge in [-0.25, -0.2) is 0 Å². The minimum absolute atomic E-state index is 0.0449. The minimum atomic E-state index is -0.883. The average molecular weight is 357 g/mol. The van der Waals surface area contributed by atoms with Crippen molar-refractivity contribution >= 4 is 34.3 Å². The monoisotopic (exact) mass is 356 g/mol. The zero-order valence-electron chi connectivity index (χ0n) is 13.9. The van der Waals surface area contributed by atoms with Crippen molar-refractivity contribution in [2.75, 3.05) is 0 Å². The summed E-state index contributed by atoms with van der Waals surface area (Å²) in [5.41, 5.74) is 2.96. The van der Waals surface area contributed by atoms with Crippen LogP contribution >= 0.6 is 11.6 Å². The summed E-state index contributed by atoms with van der Waals surface area (Å²) in [5, 5.41) is 1.33. The molecule has 0 radical (unpaired) electrons. The van der Waals surface area contributed by atoms with E-state index in [0.29, 0.717) is 10.6 Å². The average Bonchev–Trinajstić information content (AvgIpc) is 2.95. The third-order valence-corrected chi connectivity index (χ3v) is 4.17. The number of hydrogen-bond donors (Lipinski definition) is 0. The molecule has 4 nitrogen and oxygen atoms in total. The number of carbonyl (C=O) groups excluding carboxylic acids is 2. The largest absolute Gasteiger partial charge is 0.464 e. The van der Waals surface area contributed by atoms with Gasteiger partial charge in [0.05, 0.1) is 12.7 Å². The molecular weight excluding hydrogens is 340 g/mol. The number of esters is 1. The highest BCUT2D eigenvalue weighted by Crippen LogP contribution is 2.23. The van der Waals surface area contributed by atoms with Gasteiger partial charge in [0.2, 0.25) is 5.78 Å². The van der Waals surface area contributed by atoms with Crippen molar-refractivity contribution in [1.82, 2.24) is 0 Å². The van der Waals surface area contributed by atoms with Crippen molar-refractivity contribution in [2.45, 2.75) is 26.4 Å². The standard InChI is InChI=1S/C20H17ClO4/c1-12-6-7-17-15(11-24-18(17)8-12)10-19(22)25-13(2)20(23)14-4-3-5-16(21)9-14/h3-9,11,13H,10H2,1-2H3. The van der Waals surface area contributed by atoms with Gasteiger partial charge in [0.1, 0.15) is 5.58 Å². The van der Waals surface area contributed by atoms with E-state index < -0.39 is 12.1 Å². The van der Waals surface area contributed by atoms with Crippen LogP contribution in [0.25, 0.3) is 11.0 Å². The number of Topliss-reactive ketones (excluding diaryl/α,β-unsaturated/α-hetero) is 1. The first-order chi connectivity index (χ1) is 11.9. The van der Waals surface area contributed by atoms with E-state index in [9.17, 15) is 9.59 Å². The molecule has 3 rings (SSSR count). The fourth-order valence-corrected chi connectivity index (χ4v) is 2.84. The Bertz CT molecular complexity index is 942. The van der Waals surface area contributed by atoms with E-state index in [1.54, 1.807) is 37.5 Å². The van der Waals surface area contributed by atoms with Crippen molar-refractivity contribution in [2.24, 2.45) is 0 Å². The van der Waals surface area contributed by atoms with Gasteiger partial charge >= 0.3 is 5.97 Å². The van der Waals surface area contributed by atoms with Crippen molar-refractivity contribution in [3.63, 3.8) is 0 Å². The van der Waals surface area contributed by atoms with Gasteiger partial charge < -0.3 is 9.15 Å². The molecule has 0 aliphatic rings. The molecule has 1 unspecified atom stereocenters. The number of benzene rings is 2. The number of halogens is 1. The molecule has 1 atom stereocenters. The Balaban J connectivity index is 1.68. The molecule has 2 aromatic carbocycles. The molecule has 0 saturated heterocycles. The van der Waals surface area contributed by atoms with Crippen LogP contribution < -0.4 is 0 Å². The van der Waals surface area contributed by atoms with E-state index in [-0.39, 0.29) is 12.2 Å². The van der Waals surface area contributed by atoms with Gasteiger partial charge in [-0.2, -0.15) is 0 Å². The van der Waals surface area contributed by atoms with Gasteiger partial charge in [-0.1, -0.05) is 35.9 Å². The van der Waals surface area contributed by atoms with Crippen LogP contribution in [-0.4, -0.2) is 17.9 Å². The van der Waals surface area contributed by atoms with E-state index in [1.165, 1.54) is 0 Å². The van der Waals surface area contributed by atoms with Gasteiger partial charge in [0.25, 0.3) is 0 Å². The SMILES string of the molecule is Cc1ccc2c(CC(=O)OC(C)C(=O)c3cccc(Cl)c3)coc2c1. The molecule has 1 aromatic heterocycles. The lowest BCUT2D eigenvalue weighted by atomic mass is 10.1. The van der Waals surface area contributed by atoms with Crippen LogP contribution in [0, 0.1) is 6.92 Å². The van der Waals surface area contributed by atoms with E-state index >= 15 is 0 Å². The quantitative estimate of drug-likeness (QED) is 0.489. The number of rotatable bonds is 5. The summed E-state index contributed by atoms with van der Waals surface area (Å²) in [4.78, 5) is 24.5. The lowest BCUT2D eigenvalue weighted by Gasteiger charge is -2.12. The predicted octanol–water partition coefficient (Wildman–Crippen LogP) is 4.75. The van der Waals surface area contributed by atoms with E-state index in [1.807, 2.05) is 25.1 Å². The number of fused-ring (bicyclic) bond motifs is 1. The molecule has 0 aliphatic carbocycles. The van der Waals surface area contributed by atoms with Crippen LogP contribution in [-0.2, 0) is 16.0 Å². The number of furan rings is 1. The Hall–Kier alpha value is -2.59. The molecule has 128 valence electrons. The number of aryl methyl sites for hydroxylation is 1. The van der Waals surface area contributed by atoms with Crippen LogP contribution in [0.5, 0.6) is 0 Å². The Morgan fingerprint density at radius 1 is 1.20 bits per heavy atom. The fraction of sp³-hybridized carbons (Fsp3) is 0.200. The molecule has 3 aromatic rings. The van der Waals surface area contributed by atoms with Gasteiger partial charge in [-0.3, -0.25) is 9.59 Å². The molecule has 0 saturated carbocycles. The zero-order chi connectivity index (χ0) is 18.0. The van der Waals surface area contributed by atoms with E-state index in [2.05, 4.69) is 0 Å². The molecule has 25 heavy (non-hydrogen) atoms. The predicted molar refractivity (Wildman–Crippen MR) is 96.0 cm³/mol. The highest BCUT2D eigenvalue weighted by atomic mass is 35.5. The highest BCUT2D eigenvalue weighted by molar-refractivity contribution is 6.31. The Morgan fingerprint density at radius 2 is 2.00 bits per heavy atom. The third kappa shape index (κ3) is 3.91. The summed E-state index contributed by atoms with van der Waals surface area (Å²) in [5.74, 6) is -0.769. The second-order valence-corrected chi connectivity index (χ2v) is 6.38. The maximum absolute atomic E-state index is 12.3. The topological polar surface area (TPSA) is 56.5 Å². The molecule has 0 N–H and O–H groups in total. The maximum Gasteiger partial charge on any atom is 0.311 e. The van der Waals surface area contributed by atoms with Crippen molar-refractivity contribution in [3.05, 3.63) is 70.4 Å². The van der Waals surface area contributed by atoms with Crippen LogP contribution in [0.3, 0.4) is 0 Å². The van der Waals surface area contributed by atoms with Crippen molar-refractivity contribution in [1.29, 1.82) is 0 Å². The molecule has 0 bridgehead atoms. The molecular formula is C20H17ClO4. The highest BCUT2D eigenvalue weighted by Gasteiger charge is 2.21. The smallest absolute Gasteiger partial charge is 0.311 e. The summed E-state index contributed by atoms with van der Waals surface area (Å²) in [6, 6.07) is 12.3. The lowest BCUT2D eigenvalue weighted by molar-refractivity contribution is -0.145. The normalized spacial score (nSPS) is 12.1. The summed E-state index contributed by atoms with van der Waals surface area (Å²) < 4.78 is 10.8. The first kappa shape index (κ1) is 17.2. The molecule has 0 aliphatic heterocycles. The van der Waals surface area contributed by atoms with E-state index in [4.69, 9.17) is 20.8 Å². The van der Waals surface area contributed by atoms with Crippen LogP contribution in [0.4, 0.5) is 0 Å². The van der Waals surface area contributed by atoms with Crippen LogP contribution in [0.2, 0.25) is 5.02 Å². The molecule has 0 spiro atoms. The summed E-state index contributed by atoms with van der Waals surface area (Å²) in [6.07, 6.45) is 0.712. The van der Waals surface area contributed by atoms with Crippen molar-refractivity contribution in [3.8, 4) is 0 Å². The second kappa shape index (κ2) is 7.11. The summed E-state index contributed by atoms with van der Waals surface area (Å²) >= 11 is 5.89. The number of carbonyl (C=O) groups is 2. The third-order valence-electron chi connectivity index (χ3n) is 3.93. The van der Waals surface area contributed by atoms with E-state index in [0.717, 1.165) is 22.1 Å². The van der Waals surface area contributed by atoms with Gasteiger partial charge in [-0.05, 0) is 37.6 Å². The number of ether oxygens (including phenoxy) is 1. The van der Waals surface area contributed by atoms with Gasteiger partial charge in [0, 0.05) is 21.5 Å². The summed E-state index contributed by atoms with van der Waals surface area (Å²) in [6.45, 7) is 3.52. The second-order valence-electron chi connectivity index (χ2n) is 5.94. The Kier molecular flexibility index (Phi) is 4.91. The zero-order valence-corrected chi connectivity index (χ0v) is 14.7.